The number of amides is 1. The molecule has 0 aliphatic carbocycles. The molecule has 0 unspecified atom stereocenters. The van der Waals surface area contributed by atoms with Crippen LogP contribution >= 0.6 is 11.6 Å². The van der Waals surface area contributed by atoms with Crippen LogP contribution in [0, 0.1) is 11.3 Å². The Labute approximate surface area is 126 Å². The van der Waals surface area contributed by atoms with Gasteiger partial charge in [-0.1, -0.05) is 23.7 Å². The number of para-hydroxylation sites is 2. The summed E-state index contributed by atoms with van der Waals surface area (Å²) in [5.41, 5.74) is 0.538. The monoisotopic (exact) mass is 304 g/mol. The van der Waals surface area contributed by atoms with Crippen molar-refractivity contribution in [1.29, 1.82) is 5.26 Å². The van der Waals surface area contributed by atoms with Crippen LogP contribution in [0.2, 0.25) is 5.02 Å². The Kier molecular flexibility index (Phi) is 5.18. The number of ether oxygens (including phenoxy) is 1. The summed E-state index contributed by atoms with van der Waals surface area (Å²) in [6, 6.07) is 8.85. The molecule has 7 heteroatoms. The summed E-state index contributed by atoms with van der Waals surface area (Å²) in [6.45, 7) is 0.913. The molecule has 0 aliphatic heterocycles. The predicted octanol–water partition coefficient (Wildman–Crippen LogP) is 2.47. The van der Waals surface area contributed by atoms with Gasteiger partial charge in [0.25, 0.3) is 0 Å². The lowest BCUT2D eigenvalue weighted by Gasteiger charge is -2.11. The molecular weight excluding hydrogens is 292 g/mol. The third-order valence-electron chi connectivity index (χ3n) is 2.58. The van der Waals surface area contributed by atoms with E-state index < -0.39 is 0 Å². The first kappa shape index (κ1) is 14.9. The average molecular weight is 305 g/mol. The zero-order valence-corrected chi connectivity index (χ0v) is 11.9. The molecular formula is C14H13ClN4O2. The van der Waals surface area contributed by atoms with Gasteiger partial charge in [0.05, 0.1) is 29.5 Å². The number of nitrogens with one attached hydrogen (secondary N) is 1. The van der Waals surface area contributed by atoms with Crippen LogP contribution < -0.4 is 10.1 Å². The lowest BCUT2D eigenvalue weighted by molar-refractivity contribution is -0.115. The SMILES string of the molecule is N#CCC(=O)Nc1ccccc1OCCn1cc(Cl)cn1. The van der Waals surface area contributed by atoms with E-state index in [1.54, 1.807) is 47.4 Å². The molecule has 6 nitrogen and oxygen atoms in total. The Morgan fingerprint density at radius 2 is 2.29 bits per heavy atom. The largest absolute Gasteiger partial charge is 0.489 e. The molecule has 0 saturated carbocycles. The average Bonchev–Trinajstić information content (AvgIpc) is 2.87. The summed E-state index contributed by atoms with van der Waals surface area (Å²) in [7, 11) is 0. The molecule has 0 fully saturated rings. The number of benzene rings is 1. The molecule has 1 aromatic heterocycles. The van der Waals surface area contributed by atoms with Gasteiger partial charge >= 0.3 is 0 Å². The van der Waals surface area contributed by atoms with E-state index in [1.165, 1.54) is 0 Å². The number of carbonyl (C=O) groups excluding carboxylic acids is 1. The number of carbonyl (C=O) groups is 1. The van der Waals surface area contributed by atoms with Crippen molar-refractivity contribution < 1.29 is 9.53 Å². The molecule has 2 rings (SSSR count). The maximum absolute atomic E-state index is 11.4. The van der Waals surface area contributed by atoms with Gasteiger partial charge in [0.1, 0.15) is 18.8 Å². The normalized spacial score (nSPS) is 9.90. The molecule has 2 aromatic rings. The van der Waals surface area contributed by atoms with Crippen LogP contribution in [0.5, 0.6) is 5.75 Å². The van der Waals surface area contributed by atoms with Crippen molar-refractivity contribution in [1.82, 2.24) is 9.78 Å². The molecule has 108 valence electrons. The first-order chi connectivity index (χ1) is 10.2. The molecule has 1 N–H and O–H groups in total. The van der Waals surface area contributed by atoms with Gasteiger partial charge < -0.3 is 10.1 Å². The molecule has 1 amide bonds. The van der Waals surface area contributed by atoms with E-state index in [0.717, 1.165) is 0 Å². The van der Waals surface area contributed by atoms with E-state index in [2.05, 4.69) is 10.4 Å². The number of halogens is 1. The zero-order valence-electron chi connectivity index (χ0n) is 11.1. The minimum atomic E-state index is -0.368. The van der Waals surface area contributed by atoms with Crippen LogP contribution in [0.1, 0.15) is 6.42 Å². The van der Waals surface area contributed by atoms with Crippen LogP contribution in [0.4, 0.5) is 5.69 Å². The summed E-state index contributed by atoms with van der Waals surface area (Å²) >= 11 is 5.77. The molecule has 1 heterocycles. The minimum absolute atomic E-state index is 0.194. The zero-order chi connectivity index (χ0) is 15.1. The molecule has 0 saturated heterocycles. The van der Waals surface area contributed by atoms with Crippen molar-refractivity contribution in [3.63, 3.8) is 0 Å². The van der Waals surface area contributed by atoms with E-state index in [9.17, 15) is 4.79 Å². The third kappa shape index (κ3) is 4.51. The Morgan fingerprint density at radius 3 is 3.00 bits per heavy atom. The topological polar surface area (TPSA) is 79.9 Å². The minimum Gasteiger partial charge on any atom is -0.489 e. The first-order valence-corrected chi connectivity index (χ1v) is 6.63. The number of hydrogen-bond donors (Lipinski definition) is 1. The second-order valence-electron chi connectivity index (χ2n) is 4.15. The Hall–Kier alpha value is -2.52. The van der Waals surface area contributed by atoms with Crippen molar-refractivity contribution in [3.05, 3.63) is 41.7 Å². The summed E-state index contributed by atoms with van der Waals surface area (Å²) in [5.74, 6) is 0.175. The molecule has 0 spiro atoms. The van der Waals surface area contributed by atoms with Gasteiger partial charge in [0.15, 0.2) is 0 Å². The van der Waals surface area contributed by atoms with E-state index in [1.807, 2.05) is 0 Å². The quantitative estimate of drug-likeness (QED) is 0.889. The molecule has 0 bridgehead atoms. The second-order valence-corrected chi connectivity index (χ2v) is 4.59. The number of nitrogens with zero attached hydrogens (tertiary/aromatic N) is 3. The highest BCUT2D eigenvalue weighted by molar-refractivity contribution is 6.30. The van der Waals surface area contributed by atoms with Gasteiger partial charge in [-0.3, -0.25) is 9.48 Å². The fourth-order valence-corrected chi connectivity index (χ4v) is 1.83. The molecule has 0 atom stereocenters. The highest BCUT2D eigenvalue weighted by Crippen LogP contribution is 2.23. The molecule has 0 radical (unpaired) electrons. The van der Waals surface area contributed by atoms with Gasteiger partial charge in [-0.05, 0) is 12.1 Å². The summed E-state index contributed by atoms with van der Waals surface area (Å²) < 4.78 is 7.29. The van der Waals surface area contributed by atoms with Crippen LogP contribution in [0.15, 0.2) is 36.7 Å². The van der Waals surface area contributed by atoms with Crippen LogP contribution in [-0.4, -0.2) is 22.3 Å². The first-order valence-electron chi connectivity index (χ1n) is 6.25. The smallest absolute Gasteiger partial charge is 0.238 e. The Morgan fingerprint density at radius 1 is 1.48 bits per heavy atom. The second kappa shape index (κ2) is 7.31. The number of aromatic nitrogens is 2. The number of anilines is 1. The molecule has 21 heavy (non-hydrogen) atoms. The van der Waals surface area contributed by atoms with Gasteiger partial charge in [0.2, 0.25) is 5.91 Å². The number of nitriles is 1. The molecule has 0 aliphatic rings. The van der Waals surface area contributed by atoms with Crippen LogP contribution in [0.3, 0.4) is 0 Å². The summed E-state index contributed by atoms with van der Waals surface area (Å²) in [6.07, 6.45) is 3.06. The third-order valence-corrected chi connectivity index (χ3v) is 2.78. The highest BCUT2D eigenvalue weighted by atomic mass is 35.5. The summed E-state index contributed by atoms with van der Waals surface area (Å²) in [5, 5.41) is 15.7. The molecule has 1 aromatic carbocycles. The van der Waals surface area contributed by atoms with Gasteiger partial charge in [0, 0.05) is 6.20 Å². The van der Waals surface area contributed by atoms with Crippen LogP contribution in [-0.2, 0) is 11.3 Å². The van der Waals surface area contributed by atoms with E-state index in [-0.39, 0.29) is 12.3 Å². The lowest BCUT2D eigenvalue weighted by Crippen LogP contribution is -2.13. The van der Waals surface area contributed by atoms with Crippen LogP contribution in [0.25, 0.3) is 0 Å². The van der Waals surface area contributed by atoms with Crippen molar-refractivity contribution >= 4 is 23.2 Å². The van der Waals surface area contributed by atoms with Crippen molar-refractivity contribution in [3.8, 4) is 11.8 Å². The Balaban J connectivity index is 1.93. The predicted molar refractivity (Wildman–Crippen MR) is 78.0 cm³/mol. The summed E-state index contributed by atoms with van der Waals surface area (Å²) in [4.78, 5) is 11.4. The van der Waals surface area contributed by atoms with E-state index >= 15 is 0 Å². The van der Waals surface area contributed by atoms with E-state index in [4.69, 9.17) is 21.6 Å². The lowest BCUT2D eigenvalue weighted by atomic mass is 10.3. The van der Waals surface area contributed by atoms with Crippen molar-refractivity contribution in [2.45, 2.75) is 13.0 Å². The number of rotatable bonds is 6. The standard InChI is InChI=1S/C14H13ClN4O2/c15-11-9-17-19(10-11)7-8-21-13-4-2-1-3-12(13)18-14(20)5-6-16/h1-4,9-10H,5,7-8H2,(H,18,20). The fraction of sp³-hybridized carbons (Fsp3) is 0.214. The van der Waals surface area contributed by atoms with Gasteiger partial charge in [-0.15, -0.1) is 0 Å². The van der Waals surface area contributed by atoms with Crippen molar-refractivity contribution in [2.75, 3.05) is 11.9 Å². The fourth-order valence-electron chi connectivity index (χ4n) is 1.67. The highest BCUT2D eigenvalue weighted by Gasteiger charge is 2.07. The van der Waals surface area contributed by atoms with Gasteiger partial charge in [-0.2, -0.15) is 10.4 Å². The van der Waals surface area contributed by atoms with E-state index in [0.29, 0.717) is 29.6 Å². The Bertz CT molecular complexity index is 663. The number of hydrogen-bond acceptors (Lipinski definition) is 4. The maximum atomic E-state index is 11.4. The van der Waals surface area contributed by atoms with Crippen molar-refractivity contribution in [2.24, 2.45) is 0 Å². The maximum Gasteiger partial charge on any atom is 0.238 e. The van der Waals surface area contributed by atoms with Gasteiger partial charge in [-0.25, -0.2) is 0 Å².